The maximum Gasteiger partial charge on any atom is 0.321 e. The standard InChI is InChI=1S/C25H44N4O2/c1-6-10-17-28(18-11-7-2)24(30)26-22-15-14-16-23(21(22)5)27-25(31)29(19-12-8-3)20-13-9-4/h14-16H,6-13,17-20H2,1-5H3,(H,26,30)(H,27,31). The summed E-state index contributed by atoms with van der Waals surface area (Å²) in [6.07, 6.45) is 8.22. The van der Waals surface area contributed by atoms with E-state index in [2.05, 4.69) is 38.3 Å². The van der Waals surface area contributed by atoms with Crippen molar-refractivity contribution in [1.82, 2.24) is 9.80 Å². The second-order valence-corrected chi connectivity index (χ2v) is 8.23. The van der Waals surface area contributed by atoms with Crippen LogP contribution in [0.25, 0.3) is 0 Å². The molecular formula is C25H44N4O2. The van der Waals surface area contributed by atoms with Crippen LogP contribution < -0.4 is 10.6 Å². The third kappa shape index (κ3) is 9.62. The van der Waals surface area contributed by atoms with Gasteiger partial charge in [-0.05, 0) is 50.3 Å². The summed E-state index contributed by atoms with van der Waals surface area (Å²) in [5.74, 6) is 0. The zero-order valence-corrected chi connectivity index (χ0v) is 20.4. The van der Waals surface area contributed by atoms with Crippen LogP contribution in [0.4, 0.5) is 21.0 Å². The van der Waals surface area contributed by atoms with E-state index >= 15 is 0 Å². The van der Waals surface area contributed by atoms with Crippen LogP contribution in [0.2, 0.25) is 0 Å². The van der Waals surface area contributed by atoms with Crippen LogP contribution in [0.5, 0.6) is 0 Å². The summed E-state index contributed by atoms with van der Waals surface area (Å²) in [6, 6.07) is 5.53. The Labute approximate surface area is 189 Å². The number of nitrogens with one attached hydrogen (secondary N) is 2. The molecule has 6 nitrogen and oxygen atoms in total. The van der Waals surface area contributed by atoms with Crippen molar-refractivity contribution in [3.8, 4) is 0 Å². The highest BCUT2D eigenvalue weighted by molar-refractivity contribution is 5.94. The lowest BCUT2D eigenvalue weighted by Gasteiger charge is -2.25. The lowest BCUT2D eigenvalue weighted by Crippen LogP contribution is -2.37. The monoisotopic (exact) mass is 432 g/mol. The number of carbonyl (C=O) groups excluding carboxylic acids is 2. The topological polar surface area (TPSA) is 64.7 Å². The molecule has 4 amide bonds. The van der Waals surface area contributed by atoms with E-state index in [4.69, 9.17) is 0 Å². The van der Waals surface area contributed by atoms with E-state index in [0.29, 0.717) is 0 Å². The van der Waals surface area contributed by atoms with Gasteiger partial charge in [0.05, 0.1) is 0 Å². The Morgan fingerprint density at radius 3 is 1.29 bits per heavy atom. The number of hydrogen-bond donors (Lipinski definition) is 2. The highest BCUT2D eigenvalue weighted by Crippen LogP contribution is 2.24. The van der Waals surface area contributed by atoms with Crippen LogP contribution >= 0.6 is 0 Å². The van der Waals surface area contributed by atoms with Crippen LogP contribution in [-0.2, 0) is 0 Å². The Kier molecular flexibility index (Phi) is 13.4. The summed E-state index contributed by atoms with van der Waals surface area (Å²) in [4.78, 5) is 29.5. The SMILES string of the molecule is CCCCN(CCCC)C(=O)Nc1cccc(NC(=O)N(CCCC)CCCC)c1C. The molecule has 0 aromatic heterocycles. The van der Waals surface area contributed by atoms with Crippen molar-refractivity contribution in [3.63, 3.8) is 0 Å². The molecule has 1 aromatic carbocycles. The molecule has 0 saturated heterocycles. The zero-order chi connectivity index (χ0) is 23.1. The molecule has 0 unspecified atom stereocenters. The molecule has 31 heavy (non-hydrogen) atoms. The maximum atomic E-state index is 12.9. The van der Waals surface area contributed by atoms with Crippen molar-refractivity contribution in [3.05, 3.63) is 23.8 Å². The van der Waals surface area contributed by atoms with Crippen LogP contribution in [0.1, 0.15) is 84.6 Å². The number of rotatable bonds is 14. The van der Waals surface area contributed by atoms with Gasteiger partial charge in [-0.15, -0.1) is 0 Å². The molecule has 0 saturated carbocycles. The fraction of sp³-hybridized carbons (Fsp3) is 0.680. The van der Waals surface area contributed by atoms with Crippen LogP contribution in [-0.4, -0.2) is 48.0 Å². The predicted octanol–water partition coefficient (Wildman–Crippen LogP) is 6.86. The average Bonchev–Trinajstić information content (AvgIpc) is 2.76. The summed E-state index contributed by atoms with van der Waals surface area (Å²) in [5, 5.41) is 6.12. The molecule has 0 atom stereocenters. The van der Waals surface area contributed by atoms with Crippen LogP contribution in [0, 0.1) is 6.92 Å². The molecule has 2 N–H and O–H groups in total. The van der Waals surface area contributed by atoms with Gasteiger partial charge in [0, 0.05) is 37.6 Å². The van der Waals surface area contributed by atoms with E-state index in [1.165, 1.54) is 0 Å². The Morgan fingerprint density at radius 1 is 0.677 bits per heavy atom. The van der Waals surface area contributed by atoms with Crippen molar-refractivity contribution >= 4 is 23.4 Å². The molecule has 1 rings (SSSR count). The summed E-state index contributed by atoms with van der Waals surface area (Å²) in [6.45, 7) is 13.5. The summed E-state index contributed by atoms with van der Waals surface area (Å²) in [7, 11) is 0. The first-order valence-electron chi connectivity index (χ1n) is 12.2. The summed E-state index contributed by atoms with van der Waals surface area (Å²) in [5.41, 5.74) is 2.37. The normalized spacial score (nSPS) is 10.6. The lowest BCUT2D eigenvalue weighted by atomic mass is 10.1. The minimum atomic E-state index is -0.0685. The fourth-order valence-electron chi connectivity index (χ4n) is 3.32. The van der Waals surface area contributed by atoms with Gasteiger partial charge in [0.25, 0.3) is 0 Å². The number of amides is 4. The Bertz CT molecular complexity index is 595. The molecule has 1 aromatic rings. The smallest absolute Gasteiger partial charge is 0.321 e. The van der Waals surface area contributed by atoms with Crippen molar-refractivity contribution in [2.45, 2.75) is 86.0 Å². The number of urea groups is 2. The molecular weight excluding hydrogens is 388 g/mol. The van der Waals surface area contributed by atoms with E-state index in [1.807, 2.05) is 34.9 Å². The van der Waals surface area contributed by atoms with Gasteiger partial charge in [-0.2, -0.15) is 0 Å². The first-order chi connectivity index (χ1) is 15.0. The van der Waals surface area contributed by atoms with Crippen molar-refractivity contribution in [1.29, 1.82) is 0 Å². The molecule has 0 spiro atoms. The number of hydrogen-bond acceptors (Lipinski definition) is 2. The quantitative estimate of drug-likeness (QED) is 0.337. The third-order valence-corrected chi connectivity index (χ3v) is 5.52. The number of anilines is 2. The van der Waals surface area contributed by atoms with Gasteiger partial charge >= 0.3 is 12.1 Å². The van der Waals surface area contributed by atoms with Gasteiger partial charge in [-0.3, -0.25) is 0 Å². The molecule has 0 aliphatic rings. The van der Waals surface area contributed by atoms with Crippen molar-refractivity contribution in [2.24, 2.45) is 0 Å². The largest absolute Gasteiger partial charge is 0.325 e. The molecule has 0 heterocycles. The maximum absolute atomic E-state index is 12.9. The molecule has 0 aliphatic heterocycles. The van der Waals surface area contributed by atoms with Gasteiger partial charge in [-0.1, -0.05) is 59.4 Å². The third-order valence-electron chi connectivity index (χ3n) is 5.52. The van der Waals surface area contributed by atoms with Crippen LogP contribution in [0.15, 0.2) is 18.2 Å². The van der Waals surface area contributed by atoms with Gasteiger partial charge in [0.15, 0.2) is 0 Å². The highest BCUT2D eigenvalue weighted by atomic mass is 16.2. The molecule has 0 aliphatic carbocycles. The predicted molar refractivity (Wildman–Crippen MR) is 132 cm³/mol. The second kappa shape index (κ2) is 15.5. The number of benzene rings is 1. The number of unbranched alkanes of at least 4 members (excludes halogenated alkanes) is 4. The van der Waals surface area contributed by atoms with Gasteiger partial charge < -0.3 is 20.4 Å². The fourth-order valence-corrected chi connectivity index (χ4v) is 3.32. The molecule has 176 valence electrons. The van der Waals surface area contributed by atoms with Gasteiger partial charge in [-0.25, -0.2) is 9.59 Å². The first-order valence-corrected chi connectivity index (χ1v) is 12.2. The van der Waals surface area contributed by atoms with E-state index in [0.717, 1.165) is 94.5 Å². The van der Waals surface area contributed by atoms with Crippen molar-refractivity contribution in [2.75, 3.05) is 36.8 Å². The van der Waals surface area contributed by atoms with E-state index < -0.39 is 0 Å². The highest BCUT2D eigenvalue weighted by Gasteiger charge is 2.17. The molecule has 0 bridgehead atoms. The molecule has 0 radical (unpaired) electrons. The zero-order valence-electron chi connectivity index (χ0n) is 20.4. The molecule has 0 fully saturated rings. The van der Waals surface area contributed by atoms with E-state index in [9.17, 15) is 9.59 Å². The summed E-state index contributed by atoms with van der Waals surface area (Å²) >= 11 is 0. The van der Waals surface area contributed by atoms with Crippen LogP contribution in [0.3, 0.4) is 0 Å². The first kappa shape index (κ1) is 26.8. The molecule has 6 heteroatoms. The van der Waals surface area contributed by atoms with Gasteiger partial charge in [0.2, 0.25) is 0 Å². The Morgan fingerprint density at radius 2 is 1.00 bits per heavy atom. The lowest BCUT2D eigenvalue weighted by molar-refractivity contribution is 0.209. The number of carbonyl (C=O) groups is 2. The Hall–Kier alpha value is -2.24. The minimum absolute atomic E-state index is 0.0685. The van der Waals surface area contributed by atoms with E-state index in [1.54, 1.807) is 0 Å². The number of nitrogens with zero attached hydrogens (tertiary/aromatic N) is 2. The Balaban J connectivity index is 2.88. The average molecular weight is 433 g/mol. The minimum Gasteiger partial charge on any atom is -0.325 e. The van der Waals surface area contributed by atoms with Crippen molar-refractivity contribution < 1.29 is 9.59 Å². The van der Waals surface area contributed by atoms with Gasteiger partial charge in [0.1, 0.15) is 0 Å². The summed E-state index contributed by atoms with van der Waals surface area (Å²) < 4.78 is 0. The second-order valence-electron chi connectivity index (χ2n) is 8.23. The van der Waals surface area contributed by atoms with E-state index in [-0.39, 0.29) is 12.1 Å².